The molecule has 14 heavy (non-hydrogen) atoms. The normalized spacial score (nSPS) is 19.2. The lowest BCUT2D eigenvalue weighted by Gasteiger charge is -2.25. The summed E-state index contributed by atoms with van der Waals surface area (Å²) in [7, 11) is 1.71. The number of amidine groups is 1. The van der Waals surface area contributed by atoms with Crippen molar-refractivity contribution in [1.82, 2.24) is 10.2 Å². The van der Waals surface area contributed by atoms with Crippen molar-refractivity contribution in [2.45, 2.75) is 0 Å². The highest BCUT2D eigenvalue weighted by atomic mass is 16.2. The maximum absolute atomic E-state index is 11.3. The van der Waals surface area contributed by atoms with E-state index in [-0.39, 0.29) is 12.5 Å². The Morgan fingerprint density at radius 3 is 2.86 bits per heavy atom. The van der Waals surface area contributed by atoms with Gasteiger partial charge in [0.1, 0.15) is 12.4 Å². The lowest BCUT2D eigenvalue weighted by atomic mass is 10.2. The van der Waals surface area contributed by atoms with Crippen molar-refractivity contribution in [3.05, 3.63) is 37.2 Å². The summed E-state index contributed by atoms with van der Waals surface area (Å²) in [5.41, 5.74) is 0.705. The molecule has 0 aliphatic carbocycles. The number of hydrogen-bond donors (Lipinski definition) is 1. The second-order valence-corrected chi connectivity index (χ2v) is 2.75. The lowest BCUT2D eigenvalue weighted by Crippen LogP contribution is -2.40. The van der Waals surface area contributed by atoms with Crippen molar-refractivity contribution >= 4 is 11.7 Å². The maximum Gasteiger partial charge on any atom is 0.248 e. The number of carbonyl (C=O) groups is 1. The summed E-state index contributed by atoms with van der Waals surface area (Å²) in [6, 6.07) is 0. The second kappa shape index (κ2) is 4.41. The molecule has 0 spiro atoms. The smallest absolute Gasteiger partial charge is 0.248 e. The van der Waals surface area contributed by atoms with Crippen molar-refractivity contribution in [1.29, 1.82) is 0 Å². The van der Waals surface area contributed by atoms with E-state index >= 15 is 0 Å². The molecule has 1 aliphatic heterocycles. The molecule has 0 atom stereocenters. The molecule has 0 radical (unpaired) electrons. The van der Waals surface area contributed by atoms with E-state index in [9.17, 15) is 4.79 Å². The van der Waals surface area contributed by atoms with Gasteiger partial charge in [0.15, 0.2) is 0 Å². The Bertz CT molecular complexity index is 328. The highest BCUT2D eigenvalue weighted by molar-refractivity contribution is 6.05. The van der Waals surface area contributed by atoms with Crippen LogP contribution in [0.4, 0.5) is 0 Å². The van der Waals surface area contributed by atoms with Gasteiger partial charge >= 0.3 is 0 Å². The zero-order valence-electron chi connectivity index (χ0n) is 8.16. The molecule has 1 N–H and O–H groups in total. The summed E-state index contributed by atoms with van der Waals surface area (Å²) in [6.45, 7) is 7.30. The molecule has 0 aromatic rings. The highest BCUT2D eigenvalue weighted by Crippen LogP contribution is 2.09. The first kappa shape index (κ1) is 10.2. The molecule has 4 heteroatoms. The molecule has 1 heterocycles. The quantitative estimate of drug-likeness (QED) is 0.697. The number of hydrogen-bond acceptors (Lipinski definition) is 3. The van der Waals surface area contributed by atoms with Crippen molar-refractivity contribution in [2.75, 3.05) is 13.6 Å². The third-order valence-corrected chi connectivity index (χ3v) is 1.87. The molecule has 0 saturated carbocycles. The predicted octanol–water partition coefficient (Wildman–Crippen LogP) is 0.660. The zero-order valence-corrected chi connectivity index (χ0v) is 8.16. The number of amides is 1. The summed E-state index contributed by atoms with van der Waals surface area (Å²) >= 11 is 0. The van der Waals surface area contributed by atoms with Crippen molar-refractivity contribution in [2.24, 2.45) is 4.99 Å². The average Bonchev–Trinajstić information content (AvgIpc) is 2.18. The van der Waals surface area contributed by atoms with E-state index in [0.717, 1.165) is 0 Å². The van der Waals surface area contributed by atoms with Crippen LogP contribution in [0.3, 0.4) is 0 Å². The van der Waals surface area contributed by atoms with E-state index in [1.807, 2.05) is 0 Å². The molecule has 0 aromatic carbocycles. The van der Waals surface area contributed by atoms with Crippen LogP contribution in [0.15, 0.2) is 42.2 Å². The van der Waals surface area contributed by atoms with Crippen LogP contribution in [-0.2, 0) is 4.79 Å². The van der Waals surface area contributed by atoms with E-state index in [1.165, 1.54) is 6.20 Å². The van der Waals surface area contributed by atoms with Gasteiger partial charge in [-0.1, -0.05) is 19.2 Å². The van der Waals surface area contributed by atoms with E-state index in [1.54, 1.807) is 24.1 Å². The number of nitrogens with one attached hydrogen (secondary N) is 1. The van der Waals surface area contributed by atoms with Gasteiger partial charge in [0.25, 0.3) is 0 Å². The van der Waals surface area contributed by atoms with E-state index in [2.05, 4.69) is 23.5 Å². The minimum atomic E-state index is -0.0345. The molecule has 0 aromatic heterocycles. The van der Waals surface area contributed by atoms with Gasteiger partial charge in [-0.2, -0.15) is 0 Å². The van der Waals surface area contributed by atoms with Crippen LogP contribution in [0.1, 0.15) is 0 Å². The number of carbonyl (C=O) groups excluding carboxylic acids is 1. The summed E-state index contributed by atoms with van der Waals surface area (Å²) in [5, 5.41) is 2.87. The average molecular weight is 191 g/mol. The van der Waals surface area contributed by atoms with Crippen LogP contribution in [0.25, 0.3) is 0 Å². The fourth-order valence-corrected chi connectivity index (χ4v) is 1.15. The number of likely N-dealkylation sites (N-methyl/N-ethyl adjacent to an activating group) is 1. The third kappa shape index (κ3) is 1.90. The number of rotatable bonds is 2. The second-order valence-electron chi connectivity index (χ2n) is 2.75. The molecule has 1 aliphatic rings. The predicted molar refractivity (Wildman–Crippen MR) is 56.7 cm³/mol. The van der Waals surface area contributed by atoms with Crippen LogP contribution < -0.4 is 5.32 Å². The van der Waals surface area contributed by atoms with Crippen LogP contribution in [0, 0.1) is 0 Å². The Hall–Kier alpha value is -1.84. The van der Waals surface area contributed by atoms with Crippen LogP contribution in [0.2, 0.25) is 0 Å². The maximum atomic E-state index is 11.3. The standard InChI is InChI=1S/C10H13N3O/c1-4-6-8-10(11-5-2)12-7-9(14)13(8)3/h4-6H,1-2,7H2,3H3,(H,11,12). The Morgan fingerprint density at radius 2 is 2.29 bits per heavy atom. The van der Waals surface area contributed by atoms with Crippen LogP contribution in [-0.4, -0.2) is 30.2 Å². The van der Waals surface area contributed by atoms with E-state index < -0.39 is 0 Å². The molecule has 0 saturated heterocycles. The van der Waals surface area contributed by atoms with Gasteiger partial charge in [-0.3, -0.25) is 9.79 Å². The first-order valence-electron chi connectivity index (χ1n) is 4.22. The summed E-state index contributed by atoms with van der Waals surface area (Å²) in [6.07, 6.45) is 4.87. The first-order chi connectivity index (χ1) is 6.70. The van der Waals surface area contributed by atoms with Crippen LogP contribution in [0.5, 0.6) is 0 Å². The molecular weight excluding hydrogens is 178 g/mol. The van der Waals surface area contributed by atoms with Crippen molar-refractivity contribution in [3.8, 4) is 0 Å². The summed E-state index contributed by atoms with van der Waals surface area (Å²) in [5.74, 6) is 0.606. The zero-order chi connectivity index (χ0) is 10.6. The molecule has 1 rings (SSSR count). The fourth-order valence-electron chi connectivity index (χ4n) is 1.15. The number of aliphatic imine (C=N–C) groups is 1. The Balaban J connectivity index is 3.03. The topological polar surface area (TPSA) is 44.7 Å². The molecule has 0 fully saturated rings. The number of nitrogens with zero attached hydrogens (tertiary/aromatic N) is 2. The Morgan fingerprint density at radius 1 is 1.57 bits per heavy atom. The molecular formula is C10H13N3O. The third-order valence-electron chi connectivity index (χ3n) is 1.87. The largest absolute Gasteiger partial charge is 0.346 e. The Kier molecular flexibility index (Phi) is 3.23. The van der Waals surface area contributed by atoms with Gasteiger partial charge in [0.05, 0.1) is 5.70 Å². The van der Waals surface area contributed by atoms with E-state index in [4.69, 9.17) is 0 Å². The minimum Gasteiger partial charge on any atom is -0.346 e. The Labute approximate surface area is 83.3 Å². The van der Waals surface area contributed by atoms with Crippen molar-refractivity contribution < 1.29 is 4.79 Å². The SMILES string of the molecule is C=CC=C1C(NC=C)=NCC(=O)N1C. The summed E-state index contributed by atoms with van der Waals surface area (Å²) in [4.78, 5) is 16.9. The van der Waals surface area contributed by atoms with Gasteiger partial charge in [-0.05, 0) is 12.3 Å². The van der Waals surface area contributed by atoms with Gasteiger partial charge in [-0.15, -0.1) is 0 Å². The van der Waals surface area contributed by atoms with Gasteiger partial charge < -0.3 is 10.2 Å². The first-order valence-corrected chi connectivity index (χ1v) is 4.22. The van der Waals surface area contributed by atoms with Gasteiger partial charge in [0.2, 0.25) is 5.91 Å². The van der Waals surface area contributed by atoms with Crippen molar-refractivity contribution in [3.63, 3.8) is 0 Å². The van der Waals surface area contributed by atoms with Gasteiger partial charge in [-0.25, -0.2) is 0 Å². The molecule has 0 bridgehead atoms. The summed E-state index contributed by atoms with van der Waals surface area (Å²) < 4.78 is 0. The van der Waals surface area contributed by atoms with Gasteiger partial charge in [0, 0.05) is 7.05 Å². The van der Waals surface area contributed by atoms with E-state index in [0.29, 0.717) is 11.5 Å². The lowest BCUT2D eigenvalue weighted by molar-refractivity contribution is -0.126. The molecule has 1 amide bonds. The highest BCUT2D eigenvalue weighted by Gasteiger charge is 2.21. The molecule has 0 unspecified atom stereocenters. The fraction of sp³-hybridized carbons (Fsp3) is 0.200. The number of allylic oxidation sites excluding steroid dienone is 2. The molecule has 4 nitrogen and oxygen atoms in total. The molecule has 74 valence electrons. The van der Waals surface area contributed by atoms with Crippen LogP contribution >= 0.6 is 0 Å². The monoisotopic (exact) mass is 191 g/mol. The minimum absolute atomic E-state index is 0.0345.